The summed E-state index contributed by atoms with van der Waals surface area (Å²) in [6, 6.07) is 5.94. The zero-order chi connectivity index (χ0) is 13.8. The van der Waals surface area contributed by atoms with Crippen LogP contribution in [0.1, 0.15) is 18.5 Å². The van der Waals surface area contributed by atoms with Crippen LogP contribution in [0.15, 0.2) is 30.6 Å². The number of hydrogen-bond donors (Lipinski definition) is 1. The average Bonchev–Trinajstić information content (AvgIpc) is 3.17. The number of imidazole rings is 1. The fourth-order valence-electron chi connectivity index (χ4n) is 2.09. The van der Waals surface area contributed by atoms with Crippen LogP contribution in [0.25, 0.3) is 5.65 Å². The molecule has 1 aliphatic rings. The van der Waals surface area contributed by atoms with Crippen molar-refractivity contribution < 1.29 is 4.79 Å². The molecule has 4 nitrogen and oxygen atoms in total. The van der Waals surface area contributed by atoms with Crippen LogP contribution in [-0.4, -0.2) is 33.3 Å². The third-order valence-electron chi connectivity index (χ3n) is 3.40. The lowest BCUT2D eigenvalue weighted by atomic mass is 10.3. The first kappa shape index (κ1) is 13.5. The number of pyridine rings is 1. The van der Waals surface area contributed by atoms with Gasteiger partial charge >= 0.3 is 0 Å². The molecule has 106 valence electrons. The summed E-state index contributed by atoms with van der Waals surface area (Å²) in [5.41, 5.74) is 1.97. The Morgan fingerprint density at radius 2 is 2.35 bits per heavy atom. The number of hydrogen-bond acceptors (Lipinski definition) is 3. The van der Waals surface area contributed by atoms with Gasteiger partial charge in [-0.25, -0.2) is 4.98 Å². The van der Waals surface area contributed by atoms with Crippen LogP contribution in [-0.2, 0) is 11.2 Å². The van der Waals surface area contributed by atoms with Crippen LogP contribution < -0.4 is 5.32 Å². The SMILES string of the molecule is O=C(CSCC1CC1)NCCc1cn2ccccc2n1. The largest absolute Gasteiger partial charge is 0.355 e. The van der Waals surface area contributed by atoms with Gasteiger partial charge in [0.15, 0.2) is 0 Å². The van der Waals surface area contributed by atoms with Crippen molar-refractivity contribution in [2.75, 3.05) is 18.1 Å². The van der Waals surface area contributed by atoms with E-state index < -0.39 is 0 Å². The normalized spacial score (nSPS) is 14.6. The van der Waals surface area contributed by atoms with E-state index in [0.29, 0.717) is 12.3 Å². The third kappa shape index (κ3) is 3.76. The Hall–Kier alpha value is -1.49. The van der Waals surface area contributed by atoms with Crippen LogP contribution in [0.2, 0.25) is 0 Å². The number of fused-ring (bicyclic) bond motifs is 1. The smallest absolute Gasteiger partial charge is 0.230 e. The first-order chi connectivity index (χ1) is 9.81. The number of aromatic nitrogens is 2. The zero-order valence-electron chi connectivity index (χ0n) is 11.4. The Kier molecular flexibility index (Phi) is 4.25. The molecule has 0 aliphatic heterocycles. The summed E-state index contributed by atoms with van der Waals surface area (Å²) in [5, 5.41) is 2.96. The maximum absolute atomic E-state index is 11.6. The van der Waals surface area contributed by atoms with E-state index in [-0.39, 0.29) is 5.91 Å². The van der Waals surface area contributed by atoms with Gasteiger partial charge in [-0.15, -0.1) is 0 Å². The van der Waals surface area contributed by atoms with Gasteiger partial charge in [-0.1, -0.05) is 6.07 Å². The van der Waals surface area contributed by atoms with Crippen molar-refractivity contribution in [3.63, 3.8) is 0 Å². The van der Waals surface area contributed by atoms with Crippen LogP contribution in [0.5, 0.6) is 0 Å². The van der Waals surface area contributed by atoms with Crippen molar-refractivity contribution in [3.05, 3.63) is 36.3 Å². The van der Waals surface area contributed by atoms with Gasteiger partial charge in [-0.2, -0.15) is 11.8 Å². The van der Waals surface area contributed by atoms with E-state index in [1.54, 1.807) is 11.8 Å². The molecule has 1 saturated carbocycles. The highest BCUT2D eigenvalue weighted by Gasteiger charge is 2.21. The number of thioether (sulfide) groups is 1. The van der Waals surface area contributed by atoms with Gasteiger partial charge in [0.25, 0.3) is 0 Å². The Balaban J connectivity index is 1.38. The molecule has 0 spiro atoms. The number of carbonyl (C=O) groups is 1. The average molecular weight is 289 g/mol. The molecular formula is C15H19N3OS. The summed E-state index contributed by atoms with van der Waals surface area (Å²) in [7, 11) is 0. The molecular weight excluding hydrogens is 270 g/mol. The first-order valence-electron chi connectivity index (χ1n) is 7.08. The summed E-state index contributed by atoms with van der Waals surface area (Å²) < 4.78 is 2.00. The molecule has 20 heavy (non-hydrogen) atoms. The summed E-state index contributed by atoms with van der Waals surface area (Å²) >= 11 is 1.75. The Morgan fingerprint density at radius 3 is 3.15 bits per heavy atom. The second-order valence-corrected chi connectivity index (χ2v) is 6.29. The van der Waals surface area contributed by atoms with Crippen molar-refractivity contribution in [2.45, 2.75) is 19.3 Å². The van der Waals surface area contributed by atoms with E-state index in [1.165, 1.54) is 12.8 Å². The van der Waals surface area contributed by atoms with Gasteiger partial charge < -0.3 is 9.72 Å². The van der Waals surface area contributed by atoms with Crippen LogP contribution in [0, 0.1) is 5.92 Å². The number of rotatable bonds is 7. The second kappa shape index (κ2) is 6.31. The Morgan fingerprint density at radius 1 is 1.45 bits per heavy atom. The molecule has 2 aromatic rings. The molecule has 1 N–H and O–H groups in total. The van der Waals surface area contributed by atoms with E-state index >= 15 is 0 Å². The van der Waals surface area contributed by atoms with Crippen LogP contribution in [0.4, 0.5) is 0 Å². The number of nitrogens with one attached hydrogen (secondary N) is 1. The Bertz CT molecular complexity index is 559. The molecule has 1 aliphatic carbocycles. The van der Waals surface area contributed by atoms with Crippen molar-refractivity contribution in [3.8, 4) is 0 Å². The molecule has 0 radical (unpaired) electrons. The summed E-state index contributed by atoms with van der Waals surface area (Å²) in [6.07, 6.45) is 7.48. The minimum Gasteiger partial charge on any atom is -0.355 e. The monoisotopic (exact) mass is 289 g/mol. The van der Waals surface area contributed by atoms with E-state index in [1.807, 2.05) is 35.0 Å². The molecule has 2 heterocycles. The molecule has 2 aromatic heterocycles. The third-order valence-corrected chi connectivity index (χ3v) is 4.57. The number of carbonyl (C=O) groups excluding carboxylic acids is 1. The minimum absolute atomic E-state index is 0.138. The van der Waals surface area contributed by atoms with E-state index in [2.05, 4.69) is 10.3 Å². The lowest BCUT2D eigenvalue weighted by Gasteiger charge is -2.03. The highest BCUT2D eigenvalue weighted by Crippen LogP contribution is 2.32. The van der Waals surface area contributed by atoms with E-state index in [4.69, 9.17) is 0 Å². The summed E-state index contributed by atoms with van der Waals surface area (Å²) in [4.78, 5) is 16.2. The predicted molar refractivity (Wildman–Crippen MR) is 82.0 cm³/mol. The molecule has 3 rings (SSSR count). The van der Waals surface area contributed by atoms with E-state index in [0.717, 1.165) is 29.4 Å². The zero-order valence-corrected chi connectivity index (χ0v) is 12.2. The Labute approximate surface area is 123 Å². The fraction of sp³-hybridized carbons (Fsp3) is 0.467. The standard InChI is InChI=1S/C15H19N3OS/c19-15(11-20-10-12-4-5-12)16-7-6-13-9-18-8-2-1-3-14(18)17-13/h1-3,8-9,12H,4-7,10-11H2,(H,16,19). The molecule has 0 saturated heterocycles. The molecule has 5 heteroatoms. The van der Waals surface area contributed by atoms with Gasteiger partial charge in [0.05, 0.1) is 11.4 Å². The van der Waals surface area contributed by atoms with Gasteiger partial charge in [0.2, 0.25) is 5.91 Å². The van der Waals surface area contributed by atoms with Crippen LogP contribution in [0.3, 0.4) is 0 Å². The van der Waals surface area contributed by atoms with Crippen LogP contribution >= 0.6 is 11.8 Å². The van der Waals surface area contributed by atoms with Gasteiger partial charge in [0.1, 0.15) is 5.65 Å². The minimum atomic E-state index is 0.138. The maximum atomic E-state index is 11.6. The fourth-order valence-corrected chi connectivity index (χ4v) is 3.16. The van der Waals surface area contributed by atoms with Crippen molar-refractivity contribution in [1.29, 1.82) is 0 Å². The van der Waals surface area contributed by atoms with Gasteiger partial charge in [-0.05, 0) is 36.6 Å². The lowest BCUT2D eigenvalue weighted by molar-refractivity contribution is -0.118. The van der Waals surface area contributed by atoms with Crippen molar-refractivity contribution in [2.24, 2.45) is 5.92 Å². The topological polar surface area (TPSA) is 46.4 Å². The molecule has 1 amide bonds. The van der Waals surface area contributed by atoms with Crippen molar-refractivity contribution >= 4 is 23.3 Å². The highest BCUT2D eigenvalue weighted by molar-refractivity contribution is 7.99. The molecule has 0 unspecified atom stereocenters. The van der Waals surface area contributed by atoms with Gasteiger partial charge in [0, 0.05) is 25.4 Å². The summed E-state index contributed by atoms with van der Waals surface area (Å²) in [6.45, 7) is 0.659. The predicted octanol–water partition coefficient (Wildman–Crippen LogP) is 2.14. The molecule has 0 bridgehead atoms. The highest BCUT2D eigenvalue weighted by atomic mass is 32.2. The van der Waals surface area contributed by atoms with Crippen molar-refractivity contribution in [1.82, 2.24) is 14.7 Å². The molecule has 0 aromatic carbocycles. The molecule has 1 fully saturated rings. The first-order valence-corrected chi connectivity index (χ1v) is 8.24. The number of amides is 1. The maximum Gasteiger partial charge on any atom is 0.230 e. The van der Waals surface area contributed by atoms with E-state index in [9.17, 15) is 4.79 Å². The lowest BCUT2D eigenvalue weighted by Crippen LogP contribution is -2.27. The summed E-state index contributed by atoms with van der Waals surface area (Å²) in [5.74, 6) is 2.74. The molecule has 0 atom stereocenters. The quantitative estimate of drug-likeness (QED) is 0.849. The van der Waals surface area contributed by atoms with Gasteiger partial charge in [-0.3, -0.25) is 4.79 Å². The number of nitrogens with zero attached hydrogens (tertiary/aromatic N) is 2. The second-order valence-electron chi connectivity index (χ2n) is 5.26.